The van der Waals surface area contributed by atoms with Crippen molar-refractivity contribution in [3.8, 4) is 12.1 Å². The highest BCUT2D eigenvalue weighted by molar-refractivity contribution is 7.12. The summed E-state index contributed by atoms with van der Waals surface area (Å²) in [5, 5.41) is 19.6. The minimum Gasteiger partial charge on any atom is -0.289 e. The Morgan fingerprint density at radius 3 is 1.23 bits per heavy atom. The van der Waals surface area contributed by atoms with Crippen LogP contribution in [0, 0.1) is 72.6 Å². The van der Waals surface area contributed by atoms with Gasteiger partial charge in [-0.2, -0.15) is 0 Å². The van der Waals surface area contributed by atoms with Crippen LogP contribution < -0.4 is 9.06 Å². The van der Waals surface area contributed by atoms with E-state index < -0.39 is 0 Å². The lowest BCUT2D eigenvalue weighted by Crippen LogP contribution is -2.06. The van der Waals surface area contributed by atoms with Gasteiger partial charge < -0.3 is 0 Å². The molecule has 208 valence electrons. The summed E-state index contributed by atoms with van der Waals surface area (Å²) < 4.78 is 2.96. The number of allylic oxidation sites excluding steroid dienone is 4. The van der Waals surface area contributed by atoms with Crippen molar-refractivity contribution in [3.63, 3.8) is 0 Å². The zero-order chi connectivity index (χ0) is 31.4. The van der Waals surface area contributed by atoms with Crippen LogP contribution in [0.2, 0.25) is 0 Å². The maximum absolute atomic E-state index is 13.7. The first kappa shape index (κ1) is 28.5. The average molecular weight is 605 g/mol. The van der Waals surface area contributed by atoms with Crippen molar-refractivity contribution < 1.29 is 9.59 Å². The lowest BCUT2D eigenvalue weighted by molar-refractivity contribution is 0.105. The summed E-state index contributed by atoms with van der Waals surface area (Å²) in [7, 11) is 0. The molecule has 2 heterocycles. The Bertz CT molecular complexity index is 2310. The van der Waals surface area contributed by atoms with Gasteiger partial charge in [0, 0.05) is 51.5 Å². The molecule has 0 bridgehead atoms. The summed E-state index contributed by atoms with van der Waals surface area (Å²) in [6.45, 7) is 23.0. The molecule has 0 aliphatic heterocycles. The van der Waals surface area contributed by atoms with Gasteiger partial charge in [0.25, 0.3) is 11.4 Å². The van der Waals surface area contributed by atoms with Crippen molar-refractivity contribution >= 4 is 56.5 Å². The summed E-state index contributed by atoms with van der Waals surface area (Å²) in [5.74, 6) is -0.439. The van der Waals surface area contributed by atoms with Crippen molar-refractivity contribution in [2.24, 2.45) is 0 Å². The zero-order valence-corrected chi connectivity index (χ0v) is 25.7. The fourth-order valence-corrected chi connectivity index (χ4v) is 7.83. The van der Waals surface area contributed by atoms with E-state index in [1.54, 1.807) is 0 Å². The van der Waals surface area contributed by atoms with Crippen molar-refractivity contribution in [2.45, 2.75) is 27.7 Å². The number of carbonyl (C=O) groups excluding carboxylic acids is 2. The number of carbonyl (C=O) groups is 2. The fourth-order valence-electron chi connectivity index (χ4n) is 5.63. The second-order valence-electron chi connectivity index (χ2n) is 10.6. The second-order valence-corrected chi connectivity index (χ2v) is 12.8. The van der Waals surface area contributed by atoms with Crippen molar-refractivity contribution in [1.82, 2.24) is 0 Å². The van der Waals surface area contributed by atoms with Gasteiger partial charge in [-0.15, -0.1) is 22.7 Å². The number of benzene rings is 2. The molecule has 0 saturated carbocycles. The molecule has 44 heavy (non-hydrogen) atoms. The average Bonchev–Trinajstić information content (AvgIpc) is 3.78. The molecule has 0 radical (unpaired) electrons. The van der Waals surface area contributed by atoms with Crippen LogP contribution in [0.3, 0.4) is 0 Å². The predicted molar refractivity (Wildman–Crippen MR) is 171 cm³/mol. The number of nitrogens with zero attached hydrogens (tertiary/aromatic N) is 4. The highest BCUT2D eigenvalue weighted by Crippen LogP contribution is 2.42. The van der Waals surface area contributed by atoms with Crippen molar-refractivity contribution in [2.75, 3.05) is 0 Å². The molecular formula is C36H20N4O2S2. The summed E-state index contributed by atoms with van der Waals surface area (Å²) in [5.41, 5.74) is 7.15. The highest BCUT2D eigenvalue weighted by Gasteiger charge is 2.35. The van der Waals surface area contributed by atoms with Gasteiger partial charge in [0.05, 0.1) is 25.3 Å². The molecule has 2 aliphatic carbocycles. The maximum atomic E-state index is 13.7. The Morgan fingerprint density at radius 1 is 0.591 bits per heavy atom. The summed E-state index contributed by atoms with van der Waals surface area (Å²) in [4.78, 5) is 34.3. The monoisotopic (exact) mass is 604 g/mol. The van der Waals surface area contributed by atoms with Gasteiger partial charge in [-0.1, -0.05) is 12.1 Å². The van der Waals surface area contributed by atoms with E-state index >= 15 is 0 Å². The number of hydrogen-bond acceptors (Lipinski definition) is 6. The fraction of sp³-hybridized carbons (Fsp3) is 0.111. The third-order valence-electron chi connectivity index (χ3n) is 8.11. The number of Topliss-reactive ketones (excluding diaryl/α,β-unsaturated/α-hetero) is 2. The van der Waals surface area contributed by atoms with Crippen LogP contribution in [-0.2, 0) is 0 Å². The third kappa shape index (κ3) is 4.17. The van der Waals surface area contributed by atoms with Gasteiger partial charge in [-0.25, -0.2) is 20.2 Å². The van der Waals surface area contributed by atoms with Gasteiger partial charge >= 0.3 is 0 Å². The quantitative estimate of drug-likeness (QED) is 0.164. The summed E-state index contributed by atoms with van der Waals surface area (Å²) in [6, 6.07) is 18.8. The normalized spacial score (nSPS) is 19.0. The van der Waals surface area contributed by atoms with E-state index in [0.717, 1.165) is 31.3 Å². The zero-order valence-electron chi connectivity index (χ0n) is 24.0. The van der Waals surface area contributed by atoms with E-state index in [2.05, 4.69) is 9.69 Å². The van der Waals surface area contributed by atoms with E-state index in [1.165, 1.54) is 22.7 Å². The third-order valence-corrected chi connectivity index (χ3v) is 10.5. The first-order valence-corrected chi connectivity index (χ1v) is 15.1. The summed E-state index contributed by atoms with van der Waals surface area (Å²) >= 11 is 2.74. The van der Waals surface area contributed by atoms with Gasteiger partial charge in [-0.3, -0.25) is 9.59 Å². The van der Waals surface area contributed by atoms with Crippen LogP contribution in [0.1, 0.15) is 54.1 Å². The number of nitriles is 2. The number of rotatable bonds is 0. The number of thiophene rings is 2. The number of hydrogen-bond donors (Lipinski definition) is 0. The Kier molecular flexibility index (Phi) is 6.84. The van der Waals surface area contributed by atoms with Crippen molar-refractivity contribution in [3.05, 3.63) is 145 Å². The second kappa shape index (κ2) is 10.6. The van der Waals surface area contributed by atoms with Gasteiger partial charge in [0.15, 0.2) is 11.6 Å². The number of fused-ring (bicyclic) bond motifs is 2. The molecule has 0 unspecified atom stereocenters. The largest absolute Gasteiger partial charge is 0.289 e. The van der Waals surface area contributed by atoms with E-state index in [1.807, 2.05) is 88.4 Å². The lowest BCUT2D eigenvalue weighted by atomic mass is 9.99. The topological polar surface area (TPSA) is 90.4 Å². The molecular weight excluding hydrogens is 585 g/mol. The first-order valence-electron chi connectivity index (χ1n) is 13.4. The van der Waals surface area contributed by atoms with Crippen LogP contribution in [-0.4, -0.2) is 11.6 Å². The maximum Gasteiger partial charge on any atom is 0.270 e. The lowest BCUT2D eigenvalue weighted by Gasteiger charge is -2.05. The van der Waals surface area contributed by atoms with Crippen LogP contribution in [0.5, 0.6) is 0 Å². The molecule has 6 nitrogen and oxygen atoms in total. The minimum absolute atomic E-state index is 0.127. The van der Waals surface area contributed by atoms with E-state index in [9.17, 15) is 20.1 Å². The smallest absolute Gasteiger partial charge is 0.270 e. The Balaban J connectivity index is 1.64. The molecule has 6 rings (SSSR count). The molecule has 4 aromatic rings. The van der Waals surface area contributed by atoms with Crippen LogP contribution in [0.15, 0.2) is 59.9 Å². The van der Waals surface area contributed by atoms with Crippen molar-refractivity contribution in [1.29, 1.82) is 10.5 Å². The molecule has 0 N–H and O–H groups in total. The molecule has 0 amide bonds. The molecule has 0 spiro atoms. The molecule has 8 heteroatoms. The standard InChI is InChI=1S/C36H20N4O2S2/c1-17-11-21-23(13-19(17)3)35(41)33(31(21)25(15-37)39-5)29-9-7-27(43-29)28-8-10-30(44-28)34-32(26(16-38)40-6)22-12-18(2)20(4)14-24(22)36(34)42/h7-14H,1-4H3/b28-27+,31-25-,32-26+,33-29+,34-30+. The van der Waals surface area contributed by atoms with Crippen LogP contribution in [0.4, 0.5) is 0 Å². The van der Waals surface area contributed by atoms with E-state index in [-0.39, 0.29) is 23.0 Å². The highest BCUT2D eigenvalue weighted by atomic mass is 32.1. The van der Waals surface area contributed by atoms with E-state index in [0.29, 0.717) is 53.6 Å². The Labute approximate surface area is 261 Å². The van der Waals surface area contributed by atoms with Gasteiger partial charge in [0.2, 0.25) is 0 Å². The van der Waals surface area contributed by atoms with Crippen LogP contribution in [0.25, 0.3) is 32.0 Å². The summed E-state index contributed by atoms with van der Waals surface area (Å²) in [6.07, 6.45) is 0. The van der Waals surface area contributed by atoms with Crippen LogP contribution >= 0.6 is 22.7 Å². The molecule has 0 atom stereocenters. The minimum atomic E-state index is -0.219. The molecule has 0 fully saturated rings. The molecule has 2 aromatic heterocycles. The SMILES string of the molecule is [C-]#[N+]/C(C#N)=C1\C(=c2\cc/c(=c3/cc/c(=C4\C(=O)c5cc(C)c(C)cc5\C4=C(\C#N)[N+]#[C-])s3)s2)C(=O)c2cc(C)c(C)cc21. The van der Waals surface area contributed by atoms with Gasteiger partial charge in [-0.05, 0) is 97.5 Å². The Morgan fingerprint density at radius 2 is 0.909 bits per heavy atom. The number of ketones is 2. The molecule has 2 aromatic carbocycles. The molecule has 0 saturated heterocycles. The predicted octanol–water partition coefficient (Wildman–Crippen LogP) is 6.73. The molecule has 2 aliphatic rings. The van der Waals surface area contributed by atoms with Gasteiger partial charge in [0.1, 0.15) is 0 Å². The first-order chi connectivity index (χ1) is 21.1. The van der Waals surface area contributed by atoms with E-state index in [4.69, 9.17) is 13.1 Å². The Hall–Kier alpha value is -5.64. The number of aryl methyl sites for hydroxylation is 4.